The van der Waals surface area contributed by atoms with E-state index in [1.54, 1.807) is 24.3 Å². The van der Waals surface area contributed by atoms with Crippen LogP contribution in [0.15, 0.2) is 78.9 Å². The number of aliphatic hydroxyl groups excluding tert-OH is 1. The van der Waals surface area contributed by atoms with Crippen molar-refractivity contribution in [3.05, 3.63) is 101 Å². The smallest absolute Gasteiger partial charge is 0.251 e. The summed E-state index contributed by atoms with van der Waals surface area (Å²) < 4.78 is 18.7. The van der Waals surface area contributed by atoms with Crippen LogP contribution < -0.4 is 10.1 Å². The fourth-order valence-corrected chi connectivity index (χ4v) is 2.61. The van der Waals surface area contributed by atoms with Gasteiger partial charge in [-0.3, -0.25) is 4.79 Å². The van der Waals surface area contributed by atoms with Crippen LogP contribution >= 0.6 is 0 Å². The number of amides is 1. The van der Waals surface area contributed by atoms with Crippen LogP contribution in [0.4, 0.5) is 4.39 Å². The zero-order valence-electron chi connectivity index (χ0n) is 14.6. The van der Waals surface area contributed by atoms with Gasteiger partial charge in [0.25, 0.3) is 5.91 Å². The molecular formula is C22H20FNO3. The summed E-state index contributed by atoms with van der Waals surface area (Å²) in [7, 11) is 0. The van der Waals surface area contributed by atoms with Crippen LogP contribution in [0.5, 0.6) is 5.75 Å². The first-order chi connectivity index (χ1) is 13.2. The highest BCUT2D eigenvalue weighted by atomic mass is 19.1. The molecule has 2 N–H and O–H groups in total. The topological polar surface area (TPSA) is 58.6 Å². The van der Waals surface area contributed by atoms with E-state index in [4.69, 9.17) is 4.74 Å². The summed E-state index contributed by atoms with van der Waals surface area (Å²) in [6.07, 6.45) is 0. The normalized spacial score (nSPS) is 11.6. The molecule has 3 aromatic rings. The molecule has 0 saturated carbocycles. The second-order valence-corrected chi connectivity index (χ2v) is 6.06. The Labute approximate surface area is 157 Å². The largest absolute Gasteiger partial charge is 0.489 e. The molecule has 0 aliphatic rings. The third kappa shape index (κ3) is 5.15. The maximum Gasteiger partial charge on any atom is 0.251 e. The molecule has 27 heavy (non-hydrogen) atoms. The standard InChI is InChI=1S/C22H20FNO3/c23-19-10-6-18(7-11-19)22(26)24-21(14-25)17-8-12-20(13-9-17)27-15-16-4-2-1-3-5-16/h1-13,21,25H,14-15H2,(H,24,26). The predicted molar refractivity (Wildman–Crippen MR) is 101 cm³/mol. The van der Waals surface area contributed by atoms with E-state index < -0.39 is 11.9 Å². The minimum Gasteiger partial charge on any atom is -0.489 e. The molecule has 1 unspecified atom stereocenters. The fourth-order valence-electron chi connectivity index (χ4n) is 2.61. The van der Waals surface area contributed by atoms with Crippen molar-refractivity contribution in [3.8, 4) is 5.75 Å². The summed E-state index contributed by atoms with van der Waals surface area (Å²) in [6, 6.07) is 21.7. The van der Waals surface area contributed by atoms with Gasteiger partial charge in [-0.1, -0.05) is 42.5 Å². The molecule has 0 bridgehead atoms. The lowest BCUT2D eigenvalue weighted by atomic mass is 10.1. The van der Waals surface area contributed by atoms with Crippen molar-refractivity contribution >= 4 is 5.91 Å². The van der Waals surface area contributed by atoms with Gasteiger partial charge in [-0.15, -0.1) is 0 Å². The molecule has 0 radical (unpaired) electrons. The second-order valence-electron chi connectivity index (χ2n) is 6.06. The van der Waals surface area contributed by atoms with Gasteiger partial charge in [-0.25, -0.2) is 4.39 Å². The number of hydrogen-bond donors (Lipinski definition) is 2. The minimum atomic E-state index is -0.564. The van der Waals surface area contributed by atoms with Crippen LogP contribution in [0.1, 0.15) is 27.5 Å². The number of benzene rings is 3. The number of carbonyl (C=O) groups excluding carboxylic acids is 1. The highest BCUT2D eigenvalue weighted by Crippen LogP contribution is 2.19. The molecule has 3 rings (SSSR count). The Morgan fingerprint density at radius 2 is 1.63 bits per heavy atom. The molecule has 0 aliphatic carbocycles. The van der Waals surface area contributed by atoms with Crippen LogP contribution in [0.2, 0.25) is 0 Å². The molecule has 0 spiro atoms. The van der Waals surface area contributed by atoms with Crippen molar-refractivity contribution in [3.63, 3.8) is 0 Å². The van der Waals surface area contributed by atoms with Crippen LogP contribution in [0, 0.1) is 5.82 Å². The van der Waals surface area contributed by atoms with Crippen molar-refractivity contribution in [2.24, 2.45) is 0 Å². The average molecular weight is 365 g/mol. The highest BCUT2D eigenvalue weighted by molar-refractivity contribution is 5.94. The van der Waals surface area contributed by atoms with Gasteiger partial charge in [0.2, 0.25) is 0 Å². The van der Waals surface area contributed by atoms with E-state index in [1.807, 2.05) is 30.3 Å². The van der Waals surface area contributed by atoms with E-state index in [0.29, 0.717) is 17.9 Å². The third-order valence-corrected chi connectivity index (χ3v) is 4.13. The molecule has 138 valence electrons. The number of ether oxygens (including phenoxy) is 1. The maximum atomic E-state index is 13.0. The van der Waals surface area contributed by atoms with Crippen LogP contribution in [0.3, 0.4) is 0 Å². The van der Waals surface area contributed by atoms with E-state index in [-0.39, 0.29) is 12.5 Å². The van der Waals surface area contributed by atoms with E-state index in [1.165, 1.54) is 24.3 Å². The van der Waals surface area contributed by atoms with Gasteiger partial charge in [0.1, 0.15) is 18.2 Å². The second kappa shape index (κ2) is 8.96. The number of hydrogen-bond acceptors (Lipinski definition) is 3. The molecule has 5 heteroatoms. The molecule has 0 saturated heterocycles. The van der Waals surface area contributed by atoms with Gasteiger partial charge >= 0.3 is 0 Å². The van der Waals surface area contributed by atoms with Gasteiger partial charge in [-0.05, 0) is 47.5 Å². The number of rotatable bonds is 7. The number of halogens is 1. The highest BCUT2D eigenvalue weighted by Gasteiger charge is 2.15. The zero-order valence-corrected chi connectivity index (χ0v) is 14.6. The molecule has 0 heterocycles. The Morgan fingerprint density at radius 1 is 0.963 bits per heavy atom. The van der Waals surface area contributed by atoms with Gasteiger partial charge in [0.05, 0.1) is 12.6 Å². The summed E-state index contributed by atoms with van der Waals surface area (Å²) in [5.41, 5.74) is 2.15. The molecule has 0 aliphatic heterocycles. The number of carbonyl (C=O) groups is 1. The molecule has 1 atom stereocenters. The van der Waals surface area contributed by atoms with Crippen LogP contribution in [-0.4, -0.2) is 17.6 Å². The maximum absolute atomic E-state index is 13.0. The lowest BCUT2D eigenvalue weighted by Crippen LogP contribution is -2.30. The first-order valence-electron chi connectivity index (χ1n) is 8.59. The van der Waals surface area contributed by atoms with E-state index in [2.05, 4.69) is 5.32 Å². The van der Waals surface area contributed by atoms with Gasteiger partial charge in [0.15, 0.2) is 0 Å². The number of aliphatic hydroxyl groups is 1. The lowest BCUT2D eigenvalue weighted by molar-refractivity contribution is 0.0916. The average Bonchev–Trinajstić information content (AvgIpc) is 2.72. The Morgan fingerprint density at radius 3 is 2.26 bits per heavy atom. The zero-order chi connectivity index (χ0) is 19.1. The first-order valence-corrected chi connectivity index (χ1v) is 8.59. The first kappa shape index (κ1) is 18.6. The van der Waals surface area contributed by atoms with E-state index >= 15 is 0 Å². The summed E-state index contributed by atoms with van der Waals surface area (Å²) in [5, 5.41) is 12.4. The van der Waals surface area contributed by atoms with E-state index in [9.17, 15) is 14.3 Å². The van der Waals surface area contributed by atoms with Gasteiger partial charge in [0, 0.05) is 5.56 Å². The summed E-state index contributed by atoms with van der Waals surface area (Å²) in [5.74, 6) is -0.0843. The Balaban J connectivity index is 1.61. The summed E-state index contributed by atoms with van der Waals surface area (Å²) in [6.45, 7) is 0.210. The summed E-state index contributed by atoms with van der Waals surface area (Å²) in [4.78, 5) is 12.3. The van der Waals surface area contributed by atoms with Crippen LogP contribution in [-0.2, 0) is 6.61 Å². The SMILES string of the molecule is O=C(NC(CO)c1ccc(OCc2ccccc2)cc1)c1ccc(F)cc1. The molecule has 4 nitrogen and oxygen atoms in total. The van der Waals surface area contributed by atoms with Crippen molar-refractivity contribution in [1.29, 1.82) is 0 Å². The molecule has 0 fully saturated rings. The van der Waals surface area contributed by atoms with Crippen molar-refractivity contribution in [1.82, 2.24) is 5.32 Å². The lowest BCUT2D eigenvalue weighted by Gasteiger charge is -2.17. The van der Waals surface area contributed by atoms with Gasteiger partial charge in [-0.2, -0.15) is 0 Å². The van der Waals surface area contributed by atoms with Gasteiger partial charge < -0.3 is 15.2 Å². The van der Waals surface area contributed by atoms with Crippen LogP contribution in [0.25, 0.3) is 0 Å². The van der Waals surface area contributed by atoms with Crippen molar-refractivity contribution in [2.75, 3.05) is 6.61 Å². The van der Waals surface area contributed by atoms with Crippen molar-refractivity contribution < 1.29 is 19.0 Å². The molecular weight excluding hydrogens is 345 g/mol. The monoisotopic (exact) mass is 365 g/mol. The Kier molecular flexibility index (Phi) is 6.18. The summed E-state index contributed by atoms with van der Waals surface area (Å²) >= 11 is 0. The quantitative estimate of drug-likeness (QED) is 0.668. The van der Waals surface area contributed by atoms with E-state index in [0.717, 1.165) is 11.1 Å². The Bertz CT molecular complexity index is 864. The molecule has 0 aromatic heterocycles. The minimum absolute atomic E-state index is 0.253. The number of nitrogens with one attached hydrogen (secondary N) is 1. The third-order valence-electron chi connectivity index (χ3n) is 4.13. The fraction of sp³-hybridized carbons (Fsp3) is 0.136. The van der Waals surface area contributed by atoms with Crippen molar-refractivity contribution in [2.45, 2.75) is 12.6 Å². The Hall–Kier alpha value is -3.18. The molecule has 1 amide bonds. The molecule has 3 aromatic carbocycles. The predicted octanol–water partition coefficient (Wildman–Crippen LogP) is 3.87.